The third-order valence-electron chi connectivity index (χ3n) is 2.51. The SMILES string of the molecule is CSc1cccc(Oc2cncc(C(=O)O)c2)c1C#N. The normalized spacial score (nSPS) is 9.80. The van der Waals surface area contributed by atoms with E-state index in [4.69, 9.17) is 9.84 Å². The second-order valence-electron chi connectivity index (χ2n) is 3.76. The number of pyridine rings is 1. The fraction of sp³-hybridized carbons (Fsp3) is 0.0714. The lowest BCUT2D eigenvalue weighted by atomic mass is 10.2. The second kappa shape index (κ2) is 6.08. The summed E-state index contributed by atoms with van der Waals surface area (Å²) in [7, 11) is 0. The van der Waals surface area contributed by atoms with Gasteiger partial charge in [0.05, 0.1) is 11.8 Å². The molecule has 0 saturated heterocycles. The van der Waals surface area contributed by atoms with Crippen molar-refractivity contribution in [1.82, 2.24) is 4.98 Å². The Balaban J connectivity index is 2.38. The zero-order valence-electron chi connectivity index (χ0n) is 10.5. The zero-order chi connectivity index (χ0) is 14.5. The van der Waals surface area contributed by atoms with E-state index in [0.717, 1.165) is 4.90 Å². The number of hydrogen-bond donors (Lipinski definition) is 1. The Bertz CT molecular complexity index is 695. The molecule has 0 spiro atoms. The van der Waals surface area contributed by atoms with Gasteiger partial charge in [0.15, 0.2) is 0 Å². The van der Waals surface area contributed by atoms with Crippen molar-refractivity contribution in [1.29, 1.82) is 5.26 Å². The Hall–Kier alpha value is -2.52. The molecule has 6 heteroatoms. The van der Waals surface area contributed by atoms with Crippen LogP contribution < -0.4 is 4.74 Å². The van der Waals surface area contributed by atoms with Gasteiger partial charge in [0.1, 0.15) is 23.1 Å². The summed E-state index contributed by atoms with van der Waals surface area (Å²) in [6.45, 7) is 0. The quantitative estimate of drug-likeness (QED) is 0.869. The Morgan fingerprint density at radius 3 is 2.90 bits per heavy atom. The molecule has 0 atom stereocenters. The molecule has 1 N–H and O–H groups in total. The van der Waals surface area contributed by atoms with Gasteiger partial charge >= 0.3 is 5.97 Å². The molecule has 0 amide bonds. The summed E-state index contributed by atoms with van der Waals surface area (Å²) >= 11 is 1.44. The van der Waals surface area contributed by atoms with Crippen molar-refractivity contribution in [3.05, 3.63) is 47.8 Å². The van der Waals surface area contributed by atoms with Crippen LogP contribution in [0.25, 0.3) is 0 Å². The number of carbonyl (C=O) groups is 1. The van der Waals surface area contributed by atoms with E-state index in [9.17, 15) is 10.1 Å². The Labute approximate surface area is 119 Å². The third kappa shape index (κ3) is 2.90. The predicted octanol–water partition coefficient (Wildman–Crippen LogP) is 3.17. The van der Waals surface area contributed by atoms with E-state index in [1.54, 1.807) is 12.1 Å². The molecule has 0 fully saturated rings. The summed E-state index contributed by atoms with van der Waals surface area (Å²) in [5.41, 5.74) is 0.447. The summed E-state index contributed by atoms with van der Waals surface area (Å²) in [5, 5.41) is 18.1. The van der Waals surface area contributed by atoms with Crippen molar-refractivity contribution >= 4 is 17.7 Å². The van der Waals surface area contributed by atoms with Gasteiger partial charge in [-0.15, -0.1) is 11.8 Å². The van der Waals surface area contributed by atoms with Crippen LogP contribution in [0.15, 0.2) is 41.6 Å². The molecule has 0 aliphatic heterocycles. The van der Waals surface area contributed by atoms with Crippen molar-refractivity contribution < 1.29 is 14.6 Å². The highest BCUT2D eigenvalue weighted by molar-refractivity contribution is 7.98. The molecule has 100 valence electrons. The first-order chi connectivity index (χ1) is 9.65. The zero-order valence-corrected chi connectivity index (χ0v) is 11.3. The number of nitrogens with zero attached hydrogens (tertiary/aromatic N) is 2. The van der Waals surface area contributed by atoms with Gasteiger partial charge in [-0.2, -0.15) is 5.26 Å². The molecule has 5 nitrogen and oxygen atoms in total. The minimum Gasteiger partial charge on any atom is -0.478 e. The molecular formula is C14H10N2O3S. The van der Waals surface area contributed by atoms with Crippen LogP contribution in [0.2, 0.25) is 0 Å². The van der Waals surface area contributed by atoms with E-state index in [1.807, 2.05) is 12.3 Å². The first-order valence-electron chi connectivity index (χ1n) is 5.59. The number of ether oxygens (including phenoxy) is 1. The number of nitriles is 1. The molecule has 2 rings (SSSR count). The second-order valence-corrected chi connectivity index (χ2v) is 4.61. The lowest BCUT2D eigenvalue weighted by Gasteiger charge is -2.09. The van der Waals surface area contributed by atoms with Crippen molar-refractivity contribution in [2.75, 3.05) is 6.26 Å². The first kappa shape index (κ1) is 13.9. The summed E-state index contributed by atoms with van der Waals surface area (Å²) in [4.78, 5) is 15.5. The van der Waals surface area contributed by atoms with Crippen LogP contribution in [0.1, 0.15) is 15.9 Å². The maximum Gasteiger partial charge on any atom is 0.337 e. The van der Waals surface area contributed by atoms with Crippen LogP contribution >= 0.6 is 11.8 Å². The number of rotatable bonds is 4. The van der Waals surface area contributed by atoms with E-state index in [2.05, 4.69) is 11.1 Å². The number of aromatic carboxylic acids is 1. The first-order valence-corrected chi connectivity index (χ1v) is 6.81. The minimum absolute atomic E-state index is 0.0297. The molecule has 0 aliphatic rings. The van der Waals surface area contributed by atoms with Crippen LogP contribution in [0, 0.1) is 11.3 Å². The largest absolute Gasteiger partial charge is 0.478 e. The third-order valence-corrected chi connectivity index (χ3v) is 3.29. The van der Waals surface area contributed by atoms with Gasteiger partial charge in [-0.1, -0.05) is 6.07 Å². The number of carboxylic acid groups (broad SMARTS) is 1. The van der Waals surface area contributed by atoms with E-state index < -0.39 is 5.97 Å². The Kier molecular flexibility index (Phi) is 4.23. The van der Waals surface area contributed by atoms with Gasteiger partial charge in [0, 0.05) is 11.1 Å². The Morgan fingerprint density at radius 2 is 2.25 bits per heavy atom. The number of thioether (sulfide) groups is 1. The van der Waals surface area contributed by atoms with Crippen molar-refractivity contribution in [2.24, 2.45) is 0 Å². The number of hydrogen-bond acceptors (Lipinski definition) is 5. The monoisotopic (exact) mass is 286 g/mol. The molecule has 0 bridgehead atoms. The summed E-state index contributed by atoms with van der Waals surface area (Å²) in [6, 6.07) is 8.71. The molecule has 0 aliphatic carbocycles. The van der Waals surface area contributed by atoms with Gasteiger partial charge in [-0.25, -0.2) is 4.79 Å². The summed E-state index contributed by atoms with van der Waals surface area (Å²) in [6.07, 6.45) is 4.50. The Morgan fingerprint density at radius 1 is 1.45 bits per heavy atom. The van der Waals surface area contributed by atoms with Crippen LogP contribution in [-0.2, 0) is 0 Å². The van der Waals surface area contributed by atoms with Crippen molar-refractivity contribution in [3.63, 3.8) is 0 Å². The highest BCUT2D eigenvalue weighted by Gasteiger charge is 2.11. The summed E-state index contributed by atoms with van der Waals surface area (Å²) < 4.78 is 5.57. The van der Waals surface area contributed by atoms with E-state index in [-0.39, 0.29) is 11.3 Å². The fourth-order valence-corrected chi connectivity index (χ4v) is 2.16. The molecule has 1 aromatic heterocycles. The van der Waals surface area contributed by atoms with Crippen molar-refractivity contribution in [2.45, 2.75) is 4.90 Å². The molecular weight excluding hydrogens is 276 g/mol. The van der Waals surface area contributed by atoms with Crippen molar-refractivity contribution in [3.8, 4) is 17.6 Å². The highest BCUT2D eigenvalue weighted by Crippen LogP contribution is 2.31. The van der Waals surface area contributed by atoms with Crippen LogP contribution in [-0.4, -0.2) is 22.3 Å². The topological polar surface area (TPSA) is 83.2 Å². The average molecular weight is 286 g/mol. The van der Waals surface area contributed by atoms with Crippen LogP contribution in [0.4, 0.5) is 0 Å². The molecule has 1 heterocycles. The van der Waals surface area contributed by atoms with Gasteiger partial charge in [0.25, 0.3) is 0 Å². The standard InChI is InChI=1S/C14H10N2O3S/c1-20-13-4-2-3-12(11(13)6-15)19-10-5-9(14(17)18)7-16-8-10/h2-5,7-8H,1H3,(H,17,18). The fourth-order valence-electron chi connectivity index (χ4n) is 1.59. The van der Waals surface area contributed by atoms with Gasteiger partial charge in [-0.3, -0.25) is 4.98 Å². The molecule has 20 heavy (non-hydrogen) atoms. The smallest absolute Gasteiger partial charge is 0.337 e. The average Bonchev–Trinajstić information content (AvgIpc) is 2.47. The molecule has 0 radical (unpaired) electrons. The lowest BCUT2D eigenvalue weighted by Crippen LogP contribution is -1.98. The number of aromatic nitrogens is 1. The van der Waals surface area contributed by atoms with Crippen LogP contribution in [0.5, 0.6) is 11.5 Å². The lowest BCUT2D eigenvalue weighted by molar-refractivity contribution is 0.0696. The van der Waals surface area contributed by atoms with Gasteiger partial charge in [-0.05, 0) is 24.5 Å². The van der Waals surface area contributed by atoms with Gasteiger partial charge in [0.2, 0.25) is 0 Å². The number of benzene rings is 1. The minimum atomic E-state index is -1.08. The van der Waals surface area contributed by atoms with Gasteiger partial charge < -0.3 is 9.84 Å². The maximum absolute atomic E-state index is 10.9. The summed E-state index contributed by atoms with van der Waals surface area (Å²) in [5.74, 6) is -0.426. The molecule has 1 aromatic carbocycles. The number of carboxylic acids is 1. The van der Waals surface area contributed by atoms with E-state index >= 15 is 0 Å². The molecule has 0 unspecified atom stereocenters. The van der Waals surface area contributed by atoms with E-state index in [1.165, 1.54) is 30.2 Å². The van der Waals surface area contributed by atoms with E-state index in [0.29, 0.717) is 11.3 Å². The van der Waals surface area contributed by atoms with Crippen LogP contribution in [0.3, 0.4) is 0 Å². The maximum atomic E-state index is 10.9. The predicted molar refractivity (Wildman–Crippen MR) is 74.2 cm³/mol. The molecule has 2 aromatic rings. The molecule has 0 saturated carbocycles. The highest BCUT2D eigenvalue weighted by atomic mass is 32.2.